The Labute approximate surface area is 300 Å². The van der Waals surface area contributed by atoms with Crippen molar-refractivity contribution in [2.45, 2.75) is 62.9 Å². The fraction of sp³-hybridized carbons (Fsp3) is 0.450. The van der Waals surface area contributed by atoms with Gasteiger partial charge in [0.25, 0.3) is 5.91 Å². The van der Waals surface area contributed by atoms with E-state index < -0.39 is 21.5 Å². The van der Waals surface area contributed by atoms with Gasteiger partial charge in [-0.3, -0.25) is 9.59 Å². The first kappa shape index (κ1) is 33.9. The van der Waals surface area contributed by atoms with Gasteiger partial charge in [0.1, 0.15) is 5.75 Å². The first-order chi connectivity index (χ1) is 24.5. The molecule has 2 unspecified atom stereocenters. The average Bonchev–Trinajstić information content (AvgIpc) is 3.81. The van der Waals surface area contributed by atoms with Gasteiger partial charge in [0.2, 0.25) is 5.91 Å². The maximum absolute atomic E-state index is 15.3. The van der Waals surface area contributed by atoms with Gasteiger partial charge in [0, 0.05) is 68.2 Å². The summed E-state index contributed by atoms with van der Waals surface area (Å²) in [6, 6.07) is 22.1. The summed E-state index contributed by atoms with van der Waals surface area (Å²) in [4.78, 5) is 33.2. The van der Waals surface area contributed by atoms with E-state index in [0.717, 1.165) is 88.5 Å². The second kappa shape index (κ2) is 12.8. The lowest BCUT2D eigenvalue weighted by molar-refractivity contribution is -0.143. The maximum atomic E-state index is 15.3. The molecule has 10 nitrogen and oxygen atoms in total. The van der Waals surface area contributed by atoms with E-state index in [-0.39, 0.29) is 23.4 Å². The summed E-state index contributed by atoms with van der Waals surface area (Å²) in [5, 5.41) is 1.06. The third-order valence-electron chi connectivity index (χ3n) is 11.9. The molecule has 0 bridgehead atoms. The highest BCUT2D eigenvalue weighted by molar-refractivity contribution is 7.87. The Bertz CT molecular complexity index is 2120. The zero-order chi connectivity index (χ0) is 35.7. The number of methoxy groups -OCH3 is 1. The molecule has 2 amide bonds. The van der Waals surface area contributed by atoms with Gasteiger partial charge in [0.05, 0.1) is 24.3 Å². The van der Waals surface area contributed by atoms with Crippen molar-refractivity contribution in [2.75, 3.05) is 47.9 Å². The molecule has 268 valence electrons. The average molecular weight is 710 g/mol. The summed E-state index contributed by atoms with van der Waals surface area (Å²) >= 11 is 0. The maximum Gasteiger partial charge on any atom is 0.303 e. The molecule has 1 aromatic heterocycles. The summed E-state index contributed by atoms with van der Waals surface area (Å²) in [6.45, 7) is 2.68. The lowest BCUT2D eigenvalue weighted by Gasteiger charge is -2.42. The molecule has 8 rings (SSSR count). The van der Waals surface area contributed by atoms with Crippen LogP contribution in [-0.4, -0.2) is 86.8 Å². The molecule has 1 N–H and O–H groups in total. The summed E-state index contributed by atoms with van der Waals surface area (Å²) in [5.41, 5.74) is 6.22. The predicted molar refractivity (Wildman–Crippen MR) is 198 cm³/mol. The molecule has 2 saturated carbocycles. The summed E-state index contributed by atoms with van der Waals surface area (Å²) < 4.78 is 36.6. The van der Waals surface area contributed by atoms with E-state index in [4.69, 9.17) is 4.74 Å². The zero-order valence-corrected chi connectivity index (χ0v) is 30.7. The summed E-state index contributed by atoms with van der Waals surface area (Å²) in [6.07, 6.45) is 6.41. The Morgan fingerprint density at radius 1 is 0.961 bits per heavy atom. The van der Waals surface area contributed by atoms with Gasteiger partial charge in [-0.1, -0.05) is 55.7 Å². The van der Waals surface area contributed by atoms with Gasteiger partial charge in [-0.15, -0.1) is 0 Å². The molecule has 4 aromatic rings. The van der Waals surface area contributed by atoms with Crippen LogP contribution >= 0.6 is 0 Å². The largest absolute Gasteiger partial charge is 0.497 e. The molecule has 2 aliphatic heterocycles. The van der Waals surface area contributed by atoms with Crippen LogP contribution in [0.1, 0.15) is 83.5 Å². The number of hydrogen-bond acceptors (Lipinski definition) is 6. The summed E-state index contributed by atoms with van der Waals surface area (Å²) in [7, 11) is 2.59. The standard InChI is InChI=1S/C40H47N5O5S/c1-42(2)51(48,49)41-38(46)28-15-17-31-34(21-28)45-25-40(39(47)44-20-19-43(3)24-35(44)26-11-7-5-8-12-26)23-33(40)32-22-29(50-4)16-18-30(32)37(45)36(31)27-13-9-6-10-14-27/h5,7-8,11-12,15-18,21-22,27,33,35H,6,9-10,13-14,19-20,23-25H2,1-4H3,(H,41,46)/t33-,35?,40?/m0/s1. The fourth-order valence-electron chi connectivity index (χ4n) is 9.10. The number of fused-ring (bicyclic) bond motifs is 7. The second-order valence-electron chi connectivity index (χ2n) is 15.2. The monoisotopic (exact) mass is 709 g/mol. The van der Waals surface area contributed by atoms with Gasteiger partial charge in [-0.05, 0) is 79.3 Å². The van der Waals surface area contributed by atoms with Crippen molar-refractivity contribution in [3.63, 3.8) is 0 Å². The minimum Gasteiger partial charge on any atom is -0.497 e. The zero-order valence-electron chi connectivity index (χ0n) is 29.9. The molecule has 0 radical (unpaired) electrons. The molecule has 1 saturated heterocycles. The van der Waals surface area contributed by atoms with E-state index >= 15 is 4.79 Å². The number of nitrogens with one attached hydrogen (secondary N) is 1. The van der Waals surface area contributed by atoms with Crippen LogP contribution in [0.15, 0.2) is 66.7 Å². The van der Waals surface area contributed by atoms with Crippen molar-refractivity contribution in [3.05, 3.63) is 89.0 Å². The molecule has 3 heterocycles. The van der Waals surface area contributed by atoms with Crippen LogP contribution in [0.2, 0.25) is 0 Å². The number of carbonyl (C=O) groups excluding carboxylic acids is 2. The van der Waals surface area contributed by atoms with Gasteiger partial charge < -0.3 is 19.1 Å². The van der Waals surface area contributed by atoms with Gasteiger partial charge in [-0.2, -0.15) is 12.7 Å². The van der Waals surface area contributed by atoms with Crippen LogP contribution in [0.4, 0.5) is 0 Å². The number of ether oxygens (including phenoxy) is 1. The minimum absolute atomic E-state index is 0.0112. The Kier molecular flexibility index (Phi) is 8.51. The number of amides is 2. The minimum atomic E-state index is -3.99. The number of aromatic nitrogens is 1. The molecule has 3 atom stereocenters. The van der Waals surface area contributed by atoms with E-state index in [1.165, 1.54) is 26.1 Å². The van der Waals surface area contributed by atoms with Gasteiger partial charge in [-0.25, -0.2) is 4.72 Å². The van der Waals surface area contributed by atoms with Crippen molar-refractivity contribution in [1.82, 2.24) is 23.4 Å². The Balaban J connectivity index is 1.31. The smallest absolute Gasteiger partial charge is 0.303 e. The highest BCUT2D eigenvalue weighted by Gasteiger charge is 2.64. The second-order valence-corrected chi connectivity index (χ2v) is 17.1. The molecule has 3 fully saturated rings. The number of nitrogens with zero attached hydrogens (tertiary/aromatic N) is 4. The fourth-order valence-corrected chi connectivity index (χ4v) is 9.63. The predicted octanol–water partition coefficient (Wildman–Crippen LogP) is 5.90. The first-order valence-corrected chi connectivity index (χ1v) is 19.6. The lowest BCUT2D eigenvalue weighted by Crippen LogP contribution is -2.52. The third-order valence-corrected chi connectivity index (χ3v) is 13.3. The number of hydrogen-bond donors (Lipinski definition) is 1. The number of carbonyl (C=O) groups is 2. The highest BCUT2D eigenvalue weighted by atomic mass is 32.2. The number of likely N-dealkylation sites (N-methyl/N-ethyl adjacent to an activating group) is 1. The Hall–Kier alpha value is -4.19. The van der Waals surface area contributed by atoms with Crippen LogP contribution < -0.4 is 9.46 Å². The molecular formula is C40H47N5O5S. The first-order valence-electron chi connectivity index (χ1n) is 18.2. The molecule has 4 aliphatic rings. The third kappa shape index (κ3) is 5.74. The van der Waals surface area contributed by atoms with Crippen molar-refractivity contribution < 1.29 is 22.7 Å². The van der Waals surface area contributed by atoms with Crippen molar-refractivity contribution in [1.29, 1.82) is 0 Å². The normalized spacial score (nSPS) is 23.7. The van der Waals surface area contributed by atoms with Crippen molar-refractivity contribution in [2.24, 2.45) is 5.41 Å². The van der Waals surface area contributed by atoms with Gasteiger partial charge >= 0.3 is 10.2 Å². The van der Waals surface area contributed by atoms with E-state index in [0.29, 0.717) is 19.0 Å². The summed E-state index contributed by atoms with van der Waals surface area (Å²) in [5.74, 6) is 0.605. The number of piperazine rings is 1. The van der Waals surface area contributed by atoms with Crippen LogP contribution in [0, 0.1) is 5.41 Å². The number of rotatable bonds is 7. The lowest BCUT2D eigenvalue weighted by atomic mass is 9.81. The Morgan fingerprint density at radius 2 is 1.73 bits per heavy atom. The molecule has 11 heteroatoms. The van der Waals surface area contributed by atoms with Crippen LogP contribution in [-0.2, 0) is 21.5 Å². The topological polar surface area (TPSA) is 104 Å². The quantitative estimate of drug-likeness (QED) is 0.256. The van der Waals surface area contributed by atoms with E-state index in [1.807, 2.05) is 36.4 Å². The SMILES string of the molecule is COc1ccc2c(c1)[C@@H]1CC1(C(=O)N1CCN(C)CC1c1ccccc1)Cn1c-2c(C2CCCCC2)c2ccc(C(=O)NS(=O)(=O)N(C)C)cc21. The van der Waals surface area contributed by atoms with E-state index in [1.54, 1.807) is 13.2 Å². The molecule has 2 aliphatic carbocycles. The molecular weight excluding hydrogens is 663 g/mol. The number of benzene rings is 3. The van der Waals surface area contributed by atoms with Crippen molar-refractivity contribution >= 4 is 32.9 Å². The van der Waals surface area contributed by atoms with E-state index in [2.05, 4.69) is 50.4 Å². The molecule has 51 heavy (non-hydrogen) atoms. The van der Waals surface area contributed by atoms with Crippen molar-refractivity contribution in [3.8, 4) is 17.0 Å². The Morgan fingerprint density at radius 3 is 2.45 bits per heavy atom. The van der Waals surface area contributed by atoms with Crippen LogP contribution in [0.3, 0.4) is 0 Å². The van der Waals surface area contributed by atoms with E-state index in [9.17, 15) is 13.2 Å². The molecule has 3 aromatic carbocycles. The van der Waals surface area contributed by atoms with Gasteiger partial charge in [0.15, 0.2) is 0 Å². The van der Waals surface area contributed by atoms with Crippen LogP contribution in [0.5, 0.6) is 5.75 Å². The van der Waals surface area contributed by atoms with Crippen LogP contribution in [0.25, 0.3) is 22.2 Å². The highest BCUT2D eigenvalue weighted by Crippen LogP contribution is 2.66. The molecule has 0 spiro atoms.